The van der Waals surface area contributed by atoms with Gasteiger partial charge in [0.1, 0.15) is 29.7 Å². The van der Waals surface area contributed by atoms with Gasteiger partial charge in [0.25, 0.3) is 0 Å². The van der Waals surface area contributed by atoms with Crippen LogP contribution in [-0.2, 0) is 4.79 Å². The Morgan fingerprint density at radius 1 is 0.758 bits per heavy atom. The van der Waals surface area contributed by atoms with Crippen LogP contribution in [0.4, 0.5) is 48.1 Å². The molecule has 11 heteroatoms. The van der Waals surface area contributed by atoms with Crippen molar-refractivity contribution in [1.82, 2.24) is 0 Å². The standard InChI is InChI=1S/C14H11F5N2.C6H6FN.C2H4O.FH/c15-11-5-7(20)1-3-9(11)13(14(17,18)19)10-4-2-8(21)6-12(10)16;7-5-2-1-3-6(8)4-5;1-2-3;/h1-6,13H,20-21H2;1-4H,8H2;2H,1H3;1H. The van der Waals surface area contributed by atoms with Gasteiger partial charge in [-0.3, -0.25) is 4.70 Å². The molecule has 3 rings (SSSR count). The summed E-state index contributed by atoms with van der Waals surface area (Å²) in [6.07, 6.45) is -4.12. The fourth-order valence-corrected chi connectivity index (χ4v) is 2.58. The van der Waals surface area contributed by atoms with Gasteiger partial charge in [0.2, 0.25) is 0 Å². The van der Waals surface area contributed by atoms with Crippen molar-refractivity contribution in [3.05, 3.63) is 89.2 Å². The molecule has 0 saturated carbocycles. The minimum absolute atomic E-state index is 0. The lowest BCUT2D eigenvalue weighted by Gasteiger charge is -2.22. The molecule has 0 atom stereocenters. The number of rotatable bonds is 2. The molecule has 0 saturated heterocycles. The molecule has 0 bridgehead atoms. The number of halogens is 7. The van der Waals surface area contributed by atoms with Crippen molar-refractivity contribution in [3.63, 3.8) is 0 Å². The van der Waals surface area contributed by atoms with Crippen LogP contribution < -0.4 is 17.2 Å². The summed E-state index contributed by atoms with van der Waals surface area (Å²) >= 11 is 0. The quantitative estimate of drug-likeness (QED) is 0.255. The zero-order valence-electron chi connectivity index (χ0n) is 17.2. The Morgan fingerprint density at radius 2 is 1.15 bits per heavy atom. The highest BCUT2D eigenvalue weighted by Gasteiger charge is 2.44. The Hall–Kier alpha value is -3.76. The van der Waals surface area contributed by atoms with E-state index in [4.69, 9.17) is 22.0 Å². The average Bonchev–Trinajstić information content (AvgIpc) is 2.65. The molecular formula is C22H22F7N3O. The van der Waals surface area contributed by atoms with Crippen LogP contribution in [-0.4, -0.2) is 12.5 Å². The second-order valence-corrected chi connectivity index (χ2v) is 6.33. The first-order chi connectivity index (χ1) is 14.9. The zero-order valence-corrected chi connectivity index (χ0v) is 17.2. The molecular weight excluding hydrogens is 455 g/mol. The summed E-state index contributed by atoms with van der Waals surface area (Å²) in [6.45, 7) is 1.44. The normalized spacial score (nSPS) is 10.2. The Balaban J connectivity index is 0.000000710. The fourth-order valence-electron chi connectivity index (χ4n) is 2.58. The number of nitrogens with two attached hydrogens (primary N) is 3. The first kappa shape index (κ1) is 29.2. The lowest BCUT2D eigenvalue weighted by atomic mass is 9.89. The van der Waals surface area contributed by atoms with E-state index in [1.807, 2.05) is 0 Å². The first-order valence-corrected chi connectivity index (χ1v) is 8.98. The number of aldehydes is 1. The summed E-state index contributed by atoms with van der Waals surface area (Å²) in [5, 5.41) is 0. The van der Waals surface area contributed by atoms with Crippen molar-refractivity contribution in [3.8, 4) is 0 Å². The molecule has 0 aliphatic rings. The monoisotopic (exact) mass is 477 g/mol. The van der Waals surface area contributed by atoms with Crippen LogP contribution in [0.15, 0.2) is 60.7 Å². The lowest BCUT2D eigenvalue weighted by molar-refractivity contribution is -0.142. The number of anilines is 3. The van der Waals surface area contributed by atoms with Crippen molar-refractivity contribution in [2.24, 2.45) is 0 Å². The van der Waals surface area contributed by atoms with Crippen molar-refractivity contribution in [2.75, 3.05) is 17.2 Å². The van der Waals surface area contributed by atoms with Crippen LogP contribution in [0.2, 0.25) is 0 Å². The van der Waals surface area contributed by atoms with E-state index in [2.05, 4.69) is 0 Å². The van der Waals surface area contributed by atoms with Crippen molar-refractivity contribution < 1.29 is 35.8 Å². The summed E-state index contributed by atoms with van der Waals surface area (Å²) in [4.78, 5) is 8.81. The van der Waals surface area contributed by atoms with E-state index in [1.165, 1.54) is 19.1 Å². The van der Waals surface area contributed by atoms with Crippen molar-refractivity contribution >= 4 is 23.3 Å². The van der Waals surface area contributed by atoms with Crippen molar-refractivity contribution in [2.45, 2.75) is 19.0 Å². The third kappa shape index (κ3) is 9.09. The maximum Gasteiger partial charge on any atom is 0.399 e. The second kappa shape index (κ2) is 12.9. The van der Waals surface area contributed by atoms with Gasteiger partial charge in [-0.1, -0.05) is 18.2 Å². The molecule has 3 aromatic rings. The summed E-state index contributed by atoms with van der Waals surface area (Å²) in [5.74, 6) is -5.01. The third-order valence-corrected chi connectivity index (χ3v) is 3.85. The SMILES string of the molecule is CC=O.F.Nc1ccc(C(c2ccc(N)cc2F)C(F)(F)F)c(F)c1.Nc1cccc(F)c1. The molecule has 0 aliphatic carbocycles. The highest BCUT2D eigenvalue weighted by molar-refractivity contribution is 5.47. The van der Waals surface area contributed by atoms with E-state index >= 15 is 0 Å². The molecule has 0 aliphatic heterocycles. The second-order valence-electron chi connectivity index (χ2n) is 6.33. The molecule has 3 aromatic carbocycles. The summed E-state index contributed by atoms with van der Waals surface area (Å²) < 4.78 is 79.5. The Morgan fingerprint density at radius 3 is 1.42 bits per heavy atom. The molecule has 6 N–H and O–H groups in total. The van der Waals surface area contributed by atoms with Gasteiger partial charge < -0.3 is 22.0 Å². The largest absolute Gasteiger partial charge is 0.399 e. The number of alkyl halides is 3. The predicted octanol–water partition coefficient (Wildman–Crippen LogP) is 5.59. The van der Waals surface area contributed by atoms with Crippen LogP contribution in [0.1, 0.15) is 24.0 Å². The molecule has 0 unspecified atom stereocenters. The molecule has 0 heterocycles. The van der Waals surface area contributed by atoms with Gasteiger partial charge >= 0.3 is 6.18 Å². The molecule has 33 heavy (non-hydrogen) atoms. The molecule has 0 aromatic heterocycles. The molecule has 4 nitrogen and oxygen atoms in total. The molecule has 0 spiro atoms. The summed E-state index contributed by atoms with van der Waals surface area (Å²) in [7, 11) is 0. The highest BCUT2D eigenvalue weighted by Crippen LogP contribution is 2.42. The van der Waals surface area contributed by atoms with E-state index in [1.54, 1.807) is 12.1 Å². The molecule has 0 amide bonds. The highest BCUT2D eigenvalue weighted by atomic mass is 19.4. The van der Waals surface area contributed by atoms with Crippen LogP contribution in [0.25, 0.3) is 0 Å². The van der Waals surface area contributed by atoms with Gasteiger partial charge in [-0.2, -0.15) is 13.2 Å². The van der Waals surface area contributed by atoms with Gasteiger partial charge in [-0.15, -0.1) is 0 Å². The smallest absolute Gasteiger partial charge is 0.399 e. The third-order valence-electron chi connectivity index (χ3n) is 3.85. The predicted molar refractivity (Wildman–Crippen MR) is 115 cm³/mol. The number of hydrogen-bond acceptors (Lipinski definition) is 4. The minimum Gasteiger partial charge on any atom is -0.399 e. The number of hydrogen-bond donors (Lipinski definition) is 3. The van der Waals surface area contributed by atoms with Gasteiger partial charge in [-0.05, 0) is 49.4 Å². The van der Waals surface area contributed by atoms with E-state index in [-0.39, 0.29) is 21.9 Å². The molecule has 180 valence electrons. The fraction of sp³-hybridized carbons (Fsp3) is 0.136. The van der Waals surface area contributed by atoms with E-state index < -0.39 is 34.9 Å². The van der Waals surface area contributed by atoms with E-state index in [9.17, 15) is 26.3 Å². The average molecular weight is 477 g/mol. The Kier molecular flexibility index (Phi) is 11.5. The van der Waals surface area contributed by atoms with Crippen LogP contribution in [0.5, 0.6) is 0 Å². The van der Waals surface area contributed by atoms with E-state index in [0.717, 1.165) is 42.7 Å². The van der Waals surface area contributed by atoms with E-state index in [0.29, 0.717) is 5.69 Å². The number of nitrogen functional groups attached to an aromatic ring is 3. The van der Waals surface area contributed by atoms with Gasteiger partial charge in [0.15, 0.2) is 0 Å². The summed E-state index contributed by atoms with van der Waals surface area (Å²) in [5.41, 5.74) is 14.9. The van der Waals surface area contributed by atoms with Gasteiger partial charge in [0, 0.05) is 28.2 Å². The maximum atomic E-state index is 13.8. The molecule has 0 fully saturated rings. The molecule has 0 radical (unpaired) electrons. The maximum absolute atomic E-state index is 13.8. The van der Waals surface area contributed by atoms with Crippen LogP contribution in [0.3, 0.4) is 0 Å². The number of carbonyl (C=O) groups excluding carboxylic acids is 1. The van der Waals surface area contributed by atoms with Crippen LogP contribution >= 0.6 is 0 Å². The number of benzene rings is 3. The Labute approximate surface area is 185 Å². The van der Waals surface area contributed by atoms with Gasteiger partial charge in [-0.25, -0.2) is 13.2 Å². The minimum atomic E-state index is -4.87. The lowest BCUT2D eigenvalue weighted by Crippen LogP contribution is -2.24. The van der Waals surface area contributed by atoms with Gasteiger partial charge in [0.05, 0.1) is 0 Å². The number of carbonyl (C=O) groups is 1. The van der Waals surface area contributed by atoms with Crippen LogP contribution in [0, 0.1) is 17.5 Å². The van der Waals surface area contributed by atoms with Crippen molar-refractivity contribution in [1.29, 1.82) is 0 Å². The topological polar surface area (TPSA) is 95.1 Å². The first-order valence-electron chi connectivity index (χ1n) is 8.98. The summed E-state index contributed by atoms with van der Waals surface area (Å²) in [6, 6.07) is 11.5. The Bertz CT molecular complexity index is 974. The zero-order chi connectivity index (χ0) is 24.5.